The lowest BCUT2D eigenvalue weighted by Crippen LogP contribution is -2.26. The standard InChI is InChI=1S/C33H39N3O11/c1-8-46-24-14-20(11-12-23(24)47-33(39)22-17-27(42-4)31(45-7)28(18-22)43-5)19-35-36-29(37)10-9-13-34-32(38)21-15-25(40-2)30(44-6)26(16-21)41-3/h11-12,14-19H,8-10,13H2,1-7H3,(H,34,38)(H,36,37)/b35-19+. The molecule has 2 amide bonds. The van der Waals surface area contributed by atoms with Crippen LogP contribution in [0.5, 0.6) is 46.0 Å². The summed E-state index contributed by atoms with van der Waals surface area (Å²) in [7, 11) is 8.76. The predicted octanol–water partition coefficient (Wildman–Crippen LogP) is 4.02. The highest BCUT2D eigenvalue weighted by Gasteiger charge is 2.20. The average molecular weight is 654 g/mol. The summed E-state index contributed by atoms with van der Waals surface area (Å²) in [5.41, 5.74) is 3.54. The number of methoxy groups -OCH3 is 6. The summed E-state index contributed by atoms with van der Waals surface area (Å²) in [5, 5.41) is 6.76. The number of carbonyl (C=O) groups is 3. The van der Waals surface area contributed by atoms with E-state index in [1.807, 2.05) is 0 Å². The van der Waals surface area contributed by atoms with Gasteiger partial charge in [0.05, 0.1) is 61.0 Å². The Morgan fingerprint density at radius 2 is 1.26 bits per heavy atom. The number of nitrogens with one attached hydrogen (secondary N) is 2. The third-order valence-corrected chi connectivity index (χ3v) is 6.57. The number of hydrogen-bond donors (Lipinski definition) is 2. The van der Waals surface area contributed by atoms with Crippen molar-refractivity contribution in [3.8, 4) is 46.0 Å². The van der Waals surface area contributed by atoms with Crippen LogP contribution in [-0.4, -0.2) is 79.8 Å². The predicted molar refractivity (Wildman–Crippen MR) is 172 cm³/mol. The Morgan fingerprint density at radius 1 is 0.702 bits per heavy atom. The fraction of sp³-hybridized carbons (Fsp3) is 0.333. The molecule has 0 aliphatic carbocycles. The van der Waals surface area contributed by atoms with Gasteiger partial charge in [0.1, 0.15) is 0 Å². The molecular formula is C33H39N3O11. The second kappa shape index (κ2) is 17.7. The molecule has 2 N–H and O–H groups in total. The van der Waals surface area contributed by atoms with Gasteiger partial charge in [0.15, 0.2) is 34.5 Å². The van der Waals surface area contributed by atoms with Crippen LogP contribution < -0.4 is 48.6 Å². The summed E-state index contributed by atoms with van der Waals surface area (Å²) in [5.74, 6) is 1.15. The molecular weight excluding hydrogens is 614 g/mol. The van der Waals surface area contributed by atoms with Crippen molar-refractivity contribution in [2.45, 2.75) is 19.8 Å². The molecule has 0 bridgehead atoms. The van der Waals surface area contributed by atoms with Gasteiger partial charge in [-0.1, -0.05) is 0 Å². The number of hydrazone groups is 1. The molecule has 0 radical (unpaired) electrons. The average Bonchev–Trinajstić information content (AvgIpc) is 3.09. The minimum atomic E-state index is -0.668. The molecule has 0 aliphatic rings. The summed E-state index contributed by atoms with van der Waals surface area (Å²) in [6.45, 7) is 2.35. The molecule has 3 aromatic carbocycles. The SMILES string of the molecule is CCOc1cc(/C=N/NC(=O)CCCNC(=O)c2cc(OC)c(OC)c(OC)c2)ccc1OC(=O)c1cc(OC)c(OC)c(OC)c1. The lowest BCUT2D eigenvalue weighted by Gasteiger charge is -2.15. The van der Waals surface area contributed by atoms with Gasteiger partial charge in [-0.3, -0.25) is 9.59 Å². The molecule has 0 spiro atoms. The van der Waals surface area contributed by atoms with E-state index in [1.54, 1.807) is 37.3 Å². The molecule has 14 nitrogen and oxygen atoms in total. The van der Waals surface area contributed by atoms with Crippen molar-refractivity contribution in [1.82, 2.24) is 10.7 Å². The van der Waals surface area contributed by atoms with E-state index in [0.717, 1.165) is 0 Å². The van der Waals surface area contributed by atoms with Gasteiger partial charge in [0.2, 0.25) is 17.4 Å². The van der Waals surface area contributed by atoms with E-state index in [4.69, 9.17) is 37.9 Å². The zero-order valence-electron chi connectivity index (χ0n) is 27.4. The molecule has 0 saturated heterocycles. The monoisotopic (exact) mass is 653 g/mol. The van der Waals surface area contributed by atoms with Crippen molar-refractivity contribution in [3.05, 3.63) is 59.2 Å². The van der Waals surface area contributed by atoms with Gasteiger partial charge < -0.3 is 43.2 Å². The maximum Gasteiger partial charge on any atom is 0.343 e. The number of nitrogens with zero attached hydrogens (tertiary/aromatic N) is 1. The van der Waals surface area contributed by atoms with Crippen molar-refractivity contribution in [3.63, 3.8) is 0 Å². The van der Waals surface area contributed by atoms with Crippen molar-refractivity contribution in [1.29, 1.82) is 0 Å². The summed E-state index contributed by atoms with van der Waals surface area (Å²) < 4.78 is 43.1. The van der Waals surface area contributed by atoms with E-state index in [-0.39, 0.29) is 36.1 Å². The first-order chi connectivity index (χ1) is 22.7. The van der Waals surface area contributed by atoms with Crippen LogP contribution in [0, 0.1) is 0 Å². The van der Waals surface area contributed by atoms with Crippen LogP contribution >= 0.6 is 0 Å². The summed E-state index contributed by atoms with van der Waals surface area (Å²) in [6, 6.07) is 10.9. The van der Waals surface area contributed by atoms with Gasteiger partial charge in [-0.15, -0.1) is 0 Å². The van der Waals surface area contributed by atoms with E-state index >= 15 is 0 Å². The molecule has 0 aliphatic heterocycles. The van der Waals surface area contributed by atoms with Crippen molar-refractivity contribution in [2.24, 2.45) is 5.10 Å². The van der Waals surface area contributed by atoms with E-state index in [1.165, 1.54) is 61.0 Å². The van der Waals surface area contributed by atoms with E-state index in [9.17, 15) is 14.4 Å². The number of esters is 1. The number of hydrogen-bond acceptors (Lipinski definition) is 12. The first kappa shape index (κ1) is 35.8. The fourth-order valence-electron chi connectivity index (χ4n) is 4.32. The third-order valence-electron chi connectivity index (χ3n) is 6.57. The van der Waals surface area contributed by atoms with Crippen LogP contribution in [0.15, 0.2) is 47.6 Å². The number of amides is 2. The molecule has 0 atom stereocenters. The Kier molecular flexibility index (Phi) is 13.5. The van der Waals surface area contributed by atoms with E-state index in [2.05, 4.69) is 15.8 Å². The van der Waals surface area contributed by atoms with Gasteiger partial charge in [-0.2, -0.15) is 5.10 Å². The molecule has 0 fully saturated rings. The Morgan fingerprint density at radius 3 is 1.77 bits per heavy atom. The normalized spacial score (nSPS) is 10.5. The smallest absolute Gasteiger partial charge is 0.343 e. The van der Waals surface area contributed by atoms with Gasteiger partial charge in [0, 0.05) is 18.5 Å². The number of rotatable bonds is 17. The van der Waals surface area contributed by atoms with Crippen LogP contribution in [0.2, 0.25) is 0 Å². The molecule has 47 heavy (non-hydrogen) atoms. The van der Waals surface area contributed by atoms with Crippen LogP contribution in [0.3, 0.4) is 0 Å². The molecule has 3 aromatic rings. The summed E-state index contributed by atoms with van der Waals surface area (Å²) in [4.78, 5) is 37.9. The number of carbonyl (C=O) groups excluding carboxylic acids is 3. The van der Waals surface area contributed by atoms with Crippen LogP contribution in [0.25, 0.3) is 0 Å². The minimum Gasteiger partial charge on any atom is -0.493 e. The van der Waals surface area contributed by atoms with Gasteiger partial charge in [-0.05, 0) is 61.4 Å². The van der Waals surface area contributed by atoms with Crippen LogP contribution in [0.1, 0.15) is 46.0 Å². The highest BCUT2D eigenvalue weighted by atomic mass is 16.6. The first-order valence-electron chi connectivity index (χ1n) is 14.4. The largest absolute Gasteiger partial charge is 0.493 e. The molecule has 0 heterocycles. The molecule has 14 heteroatoms. The molecule has 0 saturated carbocycles. The number of ether oxygens (including phenoxy) is 8. The first-order valence-corrected chi connectivity index (χ1v) is 14.4. The Hall–Kier alpha value is -5.66. The Bertz CT molecular complexity index is 1540. The Labute approximate surface area is 272 Å². The quantitative estimate of drug-likeness (QED) is 0.0712. The molecule has 252 valence electrons. The molecule has 3 rings (SSSR count). The Balaban J connectivity index is 1.55. The second-order valence-electron chi connectivity index (χ2n) is 9.51. The topological polar surface area (TPSA) is 161 Å². The lowest BCUT2D eigenvalue weighted by molar-refractivity contribution is -0.121. The van der Waals surface area contributed by atoms with Crippen LogP contribution in [0.4, 0.5) is 0 Å². The number of benzene rings is 3. The summed E-state index contributed by atoms with van der Waals surface area (Å²) in [6.07, 6.45) is 1.92. The molecule has 0 aromatic heterocycles. The highest BCUT2D eigenvalue weighted by Crippen LogP contribution is 2.39. The minimum absolute atomic E-state index is 0.118. The maximum absolute atomic E-state index is 13.0. The third kappa shape index (κ3) is 9.42. The van der Waals surface area contributed by atoms with Gasteiger partial charge in [-0.25, -0.2) is 10.2 Å². The van der Waals surface area contributed by atoms with Crippen molar-refractivity contribution >= 4 is 24.0 Å². The summed E-state index contributed by atoms with van der Waals surface area (Å²) >= 11 is 0. The highest BCUT2D eigenvalue weighted by molar-refractivity contribution is 5.96. The van der Waals surface area contributed by atoms with Crippen molar-refractivity contribution in [2.75, 3.05) is 55.8 Å². The van der Waals surface area contributed by atoms with Gasteiger partial charge >= 0.3 is 5.97 Å². The lowest BCUT2D eigenvalue weighted by atomic mass is 10.1. The van der Waals surface area contributed by atoms with E-state index in [0.29, 0.717) is 64.4 Å². The van der Waals surface area contributed by atoms with Crippen LogP contribution in [-0.2, 0) is 4.79 Å². The molecule has 0 unspecified atom stereocenters. The van der Waals surface area contributed by atoms with Crippen molar-refractivity contribution < 1.29 is 52.3 Å². The van der Waals surface area contributed by atoms with E-state index < -0.39 is 5.97 Å². The maximum atomic E-state index is 13.0. The fourth-order valence-corrected chi connectivity index (χ4v) is 4.32. The zero-order chi connectivity index (χ0) is 34.3. The zero-order valence-corrected chi connectivity index (χ0v) is 27.4. The van der Waals surface area contributed by atoms with Gasteiger partial charge in [0.25, 0.3) is 5.91 Å². The second-order valence-corrected chi connectivity index (χ2v) is 9.51.